The van der Waals surface area contributed by atoms with Crippen molar-refractivity contribution in [2.75, 3.05) is 5.75 Å². The molecule has 2 aliphatic rings. The van der Waals surface area contributed by atoms with Crippen molar-refractivity contribution in [3.8, 4) is 0 Å². The predicted molar refractivity (Wildman–Crippen MR) is 84.6 cm³/mol. The lowest BCUT2D eigenvalue weighted by atomic mass is 9.89. The first-order valence-electron chi connectivity index (χ1n) is 7.62. The Kier molecular flexibility index (Phi) is 4.66. The topological polar surface area (TPSA) is 66.5 Å². The largest absolute Gasteiger partial charge is 0.347 e. The Balaban J connectivity index is 1.77. The lowest BCUT2D eigenvalue weighted by molar-refractivity contribution is -0.127. The quantitative estimate of drug-likeness (QED) is 0.921. The van der Waals surface area contributed by atoms with E-state index in [1.807, 2.05) is 0 Å². The Hall–Kier alpha value is -1.89. The number of imide groups is 1. The van der Waals surface area contributed by atoms with Gasteiger partial charge in [0.25, 0.3) is 11.1 Å². The monoisotopic (exact) mass is 336 g/mol. The molecule has 2 atom stereocenters. The van der Waals surface area contributed by atoms with E-state index >= 15 is 0 Å². The minimum absolute atomic E-state index is 0.0229. The van der Waals surface area contributed by atoms with Gasteiger partial charge in [0.1, 0.15) is 5.82 Å². The van der Waals surface area contributed by atoms with Crippen LogP contribution in [0.3, 0.4) is 0 Å². The molecule has 1 saturated carbocycles. The highest BCUT2D eigenvalue weighted by Gasteiger charge is 2.41. The van der Waals surface area contributed by atoms with E-state index in [0.29, 0.717) is 12.8 Å². The molecule has 2 fully saturated rings. The van der Waals surface area contributed by atoms with E-state index in [-0.39, 0.29) is 34.5 Å². The van der Waals surface area contributed by atoms with Crippen LogP contribution in [0, 0.1) is 5.82 Å². The van der Waals surface area contributed by atoms with Crippen molar-refractivity contribution >= 4 is 28.8 Å². The summed E-state index contributed by atoms with van der Waals surface area (Å²) in [6.07, 6.45) is 3.15. The first kappa shape index (κ1) is 16.0. The molecule has 0 bridgehead atoms. The molecular formula is C16H17FN2O3S. The summed E-state index contributed by atoms with van der Waals surface area (Å²) in [6, 6.07) is 5.11. The summed E-state index contributed by atoms with van der Waals surface area (Å²) < 4.78 is 13.7. The molecule has 0 spiro atoms. The van der Waals surface area contributed by atoms with Crippen LogP contribution in [0.4, 0.5) is 9.18 Å². The third-order valence-electron chi connectivity index (χ3n) is 4.28. The fourth-order valence-corrected chi connectivity index (χ4v) is 3.93. The Bertz CT molecular complexity index is 636. The standard InChI is InChI=1S/C16H17FN2O3S/c17-11-6-2-1-5-10(11)15(21)18-12-7-3-4-8-13(12)19-14(20)9-23-16(19)22/h1-2,5-6,12-13H,3-4,7-9H2,(H,18,21)/t12-,13-/m0/s1. The van der Waals surface area contributed by atoms with E-state index in [9.17, 15) is 18.8 Å². The maximum absolute atomic E-state index is 13.7. The predicted octanol–water partition coefficient (Wildman–Crippen LogP) is 2.56. The van der Waals surface area contributed by atoms with Gasteiger partial charge in [-0.25, -0.2) is 4.39 Å². The van der Waals surface area contributed by atoms with E-state index in [4.69, 9.17) is 0 Å². The van der Waals surface area contributed by atoms with Crippen molar-refractivity contribution in [3.63, 3.8) is 0 Å². The molecule has 23 heavy (non-hydrogen) atoms. The third kappa shape index (κ3) is 3.24. The molecule has 1 N–H and O–H groups in total. The van der Waals surface area contributed by atoms with Gasteiger partial charge in [0, 0.05) is 0 Å². The second-order valence-electron chi connectivity index (χ2n) is 5.73. The van der Waals surface area contributed by atoms with Crippen molar-refractivity contribution in [3.05, 3.63) is 35.6 Å². The fourth-order valence-electron chi connectivity index (χ4n) is 3.16. The maximum atomic E-state index is 13.7. The number of hydrogen-bond acceptors (Lipinski definition) is 4. The number of thioether (sulfide) groups is 1. The van der Waals surface area contributed by atoms with Crippen LogP contribution in [-0.2, 0) is 4.79 Å². The molecule has 0 aromatic heterocycles. The highest BCUT2D eigenvalue weighted by atomic mass is 32.2. The molecule has 1 aliphatic heterocycles. The molecule has 0 unspecified atom stereocenters. The van der Waals surface area contributed by atoms with Crippen LogP contribution in [0.1, 0.15) is 36.0 Å². The first-order valence-corrected chi connectivity index (χ1v) is 8.60. The highest BCUT2D eigenvalue weighted by molar-refractivity contribution is 8.14. The zero-order valence-electron chi connectivity index (χ0n) is 12.5. The van der Waals surface area contributed by atoms with Crippen LogP contribution in [0.2, 0.25) is 0 Å². The molecule has 122 valence electrons. The van der Waals surface area contributed by atoms with Gasteiger partial charge in [0.15, 0.2) is 0 Å². The SMILES string of the molecule is O=C(N[C@H]1CCCC[C@@H]1N1C(=O)CSC1=O)c1ccccc1F. The Morgan fingerprint density at radius 3 is 2.65 bits per heavy atom. The van der Waals surface area contributed by atoms with Gasteiger partial charge >= 0.3 is 0 Å². The van der Waals surface area contributed by atoms with Gasteiger partial charge in [-0.15, -0.1) is 0 Å². The van der Waals surface area contributed by atoms with E-state index in [1.165, 1.54) is 23.1 Å². The molecule has 3 amide bonds. The van der Waals surface area contributed by atoms with Crippen LogP contribution >= 0.6 is 11.8 Å². The van der Waals surface area contributed by atoms with Gasteiger partial charge in [-0.3, -0.25) is 19.3 Å². The molecular weight excluding hydrogens is 319 g/mol. The number of hydrogen-bond donors (Lipinski definition) is 1. The summed E-state index contributed by atoms with van der Waals surface area (Å²) in [6.45, 7) is 0. The van der Waals surface area contributed by atoms with E-state index in [1.54, 1.807) is 6.07 Å². The van der Waals surface area contributed by atoms with Crippen molar-refractivity contribution in [2.24, 2.45) is 0 Å². The number of carbonyl (C=O) groups is 3. The van der Waals surface area contributed by atoms with Crippen LogP contribution in [0.25, 0.3) is 0 Å². The second-order valence-corrected chi connectivity index (χ2v) is 6.66. The lowest BCUT2D eigenvalue weighted by Gasteiger charge is -2.36. The normalized spacial score (nSPS) is 24.8. The molecule has 5 nitrogen and oxygen atoms in total. The van der Waals surface area contributed by atoms with Crippen molar-refractivity contribution in [1.29, 1.82) is 0 Å². The summed E-state index contributed by atoms with van der Waals surface area (Å²) in [5.41, 5.74) is -0.0229. The van der Waals surface area contributed by atoms with Crippen LogP contribution in [-0.4, -0.2) is 39.8 Å². The smallest absolute Gasteiger partial charge is 0.289 e. The minimum Gasteiger partial charge on any atom is -0.347 e. The first-order chi connectivity index (χ1) is 11.1. The summed E-state index contributed by atoms with van der Waals surface area (Å²) >= 11 is 0.992. The zero-order chi connectivity index (χ0) is 16.4. The van der Waals surface area contributed by atoms with E-state index < -0.39 is 11.7 Å². The third-order valence-corrected chi connectivity index (χ3v) is 5.12. The number of benzene rings is 1. The summed E-state index contributed by atoms with van der Waals surface area (Å²) in [5.74, 6) is -1.14. The van der Waals surface area contributed by atoms with Gasteiger partial charge < -0.3 is 5.32 Å². The Morgan fingerprint density at radius 2 is 1.96 bits per heavy atom. The maximum Gasteiger partial charge on any atom is 0.289 e. The molecule has 0 radical (unpaired) electrons. The molecule has 7 heteroatoms. The average molecular weight is 336 g/mol. The minimum atomic E-state index is -0.582. The van der Waals surface area contributed by atoms with Crippen molar-refractivity contribution in [1.82, 2.24) is 10.2 Å². The molecule has 3 rings (SSSR count). The number of nitrogens with zero attached hydrogens (tertiary/aromatic N) is 1. The Morgan fingerprint density at radius 1 is 1.22 bits per heavy atom. The van der Waals surface area contributed by atoms with Crippen molar-refractivity contribution < 1.29 is 18.8 Å². The van der Waals surface area contributed by atoms with E-state index in [0.717, 1.165) is 24.6 Å². The summed E-state index contributed by atoms with van der Waals surface area (Å²) in [5, 5.41) is 2.55. The summed E-state index contributed by atoms with van der Waals surface area (Å²) in [4.78, 5) is 37.5. The van der Waals surface area contributed by atoms with Gasteiger partial charge in [0.05, 0.1) is 23.4 Å². The van der Waals surface area contributed by atoms with Crippen molar-refractivity contribution in [2.45, 2.75) is 37.8 Å². The van der Waals surface area contributed by atoms with E-state index in [2.05, 4.69) is 5.32 Å². The van der Waals surface area contributed by atoms with Gasteiger partial charge in [-0.1, -0.05) is 36.7 Å². The van der Waals surface area contributed by atoms with Crippen LogP contribution in [0.5, 0.6) is 0 Å². The number of rotatable bonds is 3. The molecule has 1 aromatic rings. The number of amides is 3. The van der Waals surface area contributed by atoms with Crippen LogP contribution < -0.4 is 5.32 Å². The Labute approximate surface area is 137 Å². The van der Waals surface area contributed by atoms with Gasteiger partial charge in [-0.05, 0) is 25.0 Å². The van der Waals surface area contributed by atoms with Gasteiger partial charge in [0.2, 0.25) is 5.91 Å². The zero-order valence-corrected chi connectivity index (χ0v) is 13.3. The molecule has 1 aromatic carbocycles. The summed E-state index contributed by atoms with van der Waals surface area (Å²) in [7, 11) is 0. The fraction of sp³-hybridized carbons (Fsp3) is 0.438. The second kappa shape index (κ2) is 6.70. The number of nitrogens with one attached hydrogen (secondary N) is 1. The number of carbonyl (C=O) groups excluding carboxylic acids is 3. The molecule has 1 heterocycles. The number of halogens is 1. The molecule has 1 saturated heterocycles. The molecule has 1 aliphatic carbocycles. The van der Waals surface area contributed by atoms with Crippen LogP contribution in [0.15, 0.2) is 24.3 Å². The lowest BCUT2D eigenvalue weighted by Crippen LogP contribution is -2.54. The van der Waals surface area contributed by atoms with Gasteiger partial charge in [-0.2, -0.15) is 0 Å². The average Bonchev–Trinajstić information content (AvgIpc) is 2.87. The highest BCUT2D eigenvalue weighted by Crippen LogP contribution is 2.30.